The molecule has 0 saturated carbocycles. The lowest BCUT2D eigenvalue weighted by Crippen LogP contribution is -2.26. The Morgan fingerprint density at radius 1 is 0.906 bits per heavy atom. The molecule has 0 atom stereocenters. The van der Waals surface area contributed by atoms with Crippen LogP contribution in [0.1, 0.15) is 44.4 Å². The van der Waals surface area contributed by atoms with Crippen molar-refractivity contribution in [2.75, 3.05) is 26.1 Å². The van der Waals surface area contributed by atoms with E-state index in [1.807, 2.05) is 6.07 Å². The van der Waals surface area contributed by atoms with Crippen molar-refractivity contribution < 1.29 is 9.31 Å². The Bertz CT molecular complexity index is 1190. The van der Waals surface area contributed by atoms with Gasteiger partial charge in [0.1, 0.15) is 12.8 Å². The van der Waals surface area contributed by atoms with Crippen molar-refractivity contribution in [2.45, 2.75) is 45.4 Å². The van der Waals surface area contributed by atoms with E-state index < -0.39 is 0 Å². The van der Waals surface area contributed by atoms with E-state index in [1.54, 1.807) is 7.11 Å². The van der Waals surface area contributed by atoms with Crippen LogP contribution in [-0.4, -0.2) is 31.5 Å². The molecule has 2 heterocycles. The summed E-state index contributed by atoms with van der Waals surface area (Å²) in [4.78, 5) is 2.28. The highest BCUT2D eigenvalue weighted by Gasteiger charge is 2.42. The number of rotatable bonds is 4. The average molecular weight is 428 g/mol. The molecule has 0 N–H and O–H groups in total. The van der Waals surface area contributed by atoms with Crippen LogP contribution in [0.5, 0.6) is 5.75 Å². The van der Waals surface area contributed by atoms with Crippen LogP contribution < -0.4 is 9.64 Å². The number of ether oxygens (including phenoxy) is 1. The van der Waals surface area contributed by atoms with Gasteiger partial charge < -0.3 is 9.64 Å². The van der Waals surface area contributed by atoms with Crippen molar-refractivity contribution >= 4 is 17.1 Å². The second-order valence-electron chi connectivity index (χ2n) is 9.95. The number of likely N-dealkylation sites (N-methyl/N-ethyl adjacent to an activating group) is 1. The number of methoxy groups -OCH3 is 1. The third-order valence-electron chi connectivity index (χ3n) is 7.16. The molecule has 0 aliphatic carbocycles. The maximum atomic E-state index is 5.45. The summed E-state index contributed by atoms with van der Waals surface area (Å²) in [6, 6.07) is 13.1. The fourth-order valence-electron chi connectivity index (χ4n) is 5.25. The van der Waals surface area contributed by atoms with E-state index >= 15 is 0 Å². The Hall–Kier alpha value is -3.07. The van der Waals surface area contributed by atoms with Crippen molar-refractivity contribution in [3.8, 4) is 5.75 Å². The summed E-state index contributed by atoms with van der Waals surface area (Å²) >= 11 is 0. The van der Waals surface area contributed by atoms with E-state index in [4.69, 9.17) is 4.74 Å². The van der Waals surface area contributed by atoms with Crippen LogP contribution in [0.3, 0.4) is 0 Å². The SMILES string of the molecule is COc1ccc2c(c1)C(C)(C)\C(=C/C=C/C=C/C1=[N+](C)c3ccc(C)cc3C1(C)C)N2C. The van der Waals surface area contributed by atoms with Gasteiger partial charge in [-0.25, -0.2) is 0 Å². The molecule has 32 heavy (non-hydrogen) atoms. The van der Waals surface area contributed by atoms with Crippen molar-refractivity contribution in [1.82, 2.24) is 0 Å². The van der Waals surface area contributed by atoms with Crippen LogP contribution in [0, 0.1) is 6.92 Å². The van der Waals surface area contributed by atoms with Gasteiger partial charge in [-0.3, -0.25) is 0 Å². The lowest BCUT2D eigenvalue weighted by molar-refractivity contribution is -0.401. The van der Waals surface area contributed by atoms with Gasteiger partial charge in [0, 0.05) is 41.6 Å². The molecule has 0 amide bonds. The number of anilines is 1. The number of allylic oxidation sites excluding steroid dienone is 6. The summed E-state index contributed by atoms with van der Waals surface area (Å²) < 4.78 is 7.77. The molecule has 4 rings (SSSR count). The van der Waals surface area contributed by atoms with Gasteiger partial charge >= 0.3 is 0 Å². The third-order valence-corrected chi connectivity index (χ3v) is 7.16. The second-order valence-corrected chi connectivity index (χ2v) is 9.95. The monoisotopic (exact) mass is 427 g/mol. The van der Waals surface area contributed by atoms with Crippen molar-refractivity contribution in [3.63, 3.8) is 0 Å². The van der Waals surface area contributed by atoms with Gasteiger partial charge in [-0.05, 0) is 56.7 Å². The van der Waals surface area contributed by atoms with Gasteiger partial charge in [-0.15, -0.1) is 0 Å². The first-order chi connectivity index (χ1) is 15.1. The zero-order valence-electron chi connectivity index (χ0n) is 20.7. The molecule has 0 bridgehead atoms. The van der Waals surface area contributed by atoms with Gasteiger partial charge in [0.05, 0.1) is 12.5 Å². The normalized spacial score (nSPS) is 20.0. The molecule has 2 aliphatic rings. The van der Waals surface area contributed by atoms with Crippen LogP contribution in [0.25, 0.3) is 0 Å². The van der Waals surface area contributed by atoms with E-state index in [0.717, 1.165) is 5.75 Å². The van der Waals surface area contributed by atoms with Crippen LogP contribution in [0.15, 0.2) is 72.5 Å². The average Bonchev–Trinajstić information content (AvgIpc) is 3.06. The lowest BCUT2D eigenvalue weighted by Gasteiger charge is -2.23. The summed E-state index contributed by atoms with van der Waals surface area (Å²) in [6.45, 7) is 11.3. The Kier molecular flexibility index (Phi) is 5.40. The molecule has 0 spiro atoms. The molecule has 0 saturated heterocycles. The first-order valence-electron chi connectivity index (χ1n) is 11.3. The summed E-state index contributed by atoms with van der Waals surface area (Å²) in [5.74, 6) is 0.904. The van der Waals surface area contributed by atoms with Crippen molar-refractivity contribution in [3.05, 3.63) is 89.2 Å². The molecule has 2 aromatic rings. The Labute approximate surface area is 193 Å². The standard InChI is InChI=1S/C29H35N2O/c1-20-14-16-24-22(18-20)28(2,3)26(30(24)6)12-10-9-11-13-27-29(4,5)23-19-21(32-8)15-17-25(23)31(27)7/h9-19H,1-8H3/q+1. The number of hydrogen-bond acceptors (Lipinski definition) is 2. The molecule has 0 fully saturated rings. The highest BCUT2D eigenvalue weighted by atomic mass is 16.5. The van der Waals surface area contributed by atoms with E-state index in [9.17, 15) is 0 Å². The predicted octanol–water partition coefficient (Wildman–Crippen LogP) is 6.43. The minimum atomic E-state index is -0.0748. The summed E-state index contributed by atoms with van der Waals surface area (Å²) in [6.07, 6.45) is 10.9. The molecule has 2 aromatic carbocycles. The quantitative estimate of drug-likeness (QED) is 0.412. The molecule has 3 nitrogen and oxygen atoms in total. The first-order valence-corrected chi connectivity index (χ1v) is 11.3. The van der Waals surface area contributed by atoms with E-state index in [0.29, 0.717) is 0 Å². The van der Waals surface area contributed by atoms with Gasteiger partial charge in [0.2, 0.25) is 5.69 Å². The van der Waals surface area contributed by atoms with E-state index in [-0.39, 0.29) is 10.8 Å². The third kappa shape index (κ3) is 3.40. The number of hydrogen-bond donors (Lipinski definition) is 0. The van der Waals surface area contributed by atoms with Gasteiger partial charge in [0.25, 0.3) is 0 Å². The molecule has 166 valence electrons. The molecule has 2 aliphatic heterocycles. The molecule has 0 aromatic heterocycles. The van der Waals surface area contributed by atoms with Gasteiger partial charge in [0.15, 0.2) is 5.71 Å². The van der Waals surface area contributed by atoms with E-state index in [2.05, 4.69) is 119 Å². The zero-order chi connectivity index (χ0) is 23.3. The van der Waals surface area contributed by atoms with Crippen LogP contribution in [0.2, 0.25) is 0 Å². The van der Waals surface area contributed by atoms with Gasteiger partial charge in [-0.2, -0.15) is 4.58 Å². The maximum Gasteiger partial charge on any atom is 0.209 e. The lowest BCUT2D eigenvalue weighted by atomic mass is 9.81. The van der Waals surface area contributed by atoms with Crippen molar-refractivity contribution in [2.24, 2.45) is 0 Å². The smallest absolute Gasteiger partial charge is 0.209 e. The Balaban J connectivity index is 1.57. The molecular weight excluding hydrogens is 392 g/mol. The topological polar surface area (TPSA) is 15.5 Å². The Morgan fingerprint density at radius 2 is 1.66 bits per heavy atom. The largest absolute Gasteiger partial charge is 0.497 e. The highest BCUT2D eigenvalue weighted by Crippen LogP contribution is 2.48. The number of nitrogens with zero attached hydrogens (tertiary/aromatic N) is 2. The fourth-order valence-corrected chi connectivity index (χ4v) is 5.25. The van der Waals surface area contributed by atoms with Crippen molar-refractivity contribution in [1.29, 1.82) is 0 Å². The summed E-state index contributed by atoms with van der Waals surface area (Å²) in [7, 11) is 6.02. The van der Waals surface area contributed by atoms with Crippen LogP contribution in [0.4, 0.5) is 11.4 Å². The minimum Gasteiger partial charge on any atom is -0.497 e. The van der Waals surface area contributed by atoms with Crippen LogP contribution in [-0.2, 0) is 10.8 Å². The number of fused-ring (bicyclic) bond motifs is 2. The second kappa shape index (κ2) is 7.81. The summed E-state index contributed by atoms with van der Waals surface area (Å²) in [5.41, 5.74) is 9.05. The minimum absolute atomic E-state index is 0.00668. The first kappa shape index (κ1) is 22.1. The fraction of sp³-hybridized carbons (Fsp3) is 0.345. The molecule has 3 heteroatoms. The number of aryl methyl sites for hydroxylation is 1. The molecular formula is C29H35N2O+. The molecule has 0 radical (unpaired) electrons. The highest BCUT2D eigenvalue weighted by molar-refractivity contribution is 6.03. The summed E-state index contributed by atoms with van der Waals surface area (Å²) in [5, 5.41) is 0. The maximum absolute atomic E-state index is 5.45. The number of benzene rings is 2. The van der Waals surface area contributed by atoms with Crippen LogP contribution >= 0.6 is 0 Å². The zero-order valence-corrected chi connectivity index (χ0v) is 20.7. The van der Waals surface area contributed by atoms with E-state index in [1.165, 1.54) is 39.5 Å². The Morgan fingerprint density at radius 3 is 2.38 bits per heavy atom. The predicted molar refractivity (Wildman–Crippen MR) is 136 cm³/mol. The molecule has 0 unspecified atom stereocenters. The van der Waals surface area contributed by atoms with Gasteiger partial charge in [-0.1, -0.05) is 43.7 Å².